The Morgan fingerprint density at radius 3 is 2.36 bits per heavy atom. The van der Waals surface area contributed by atoms with Gasteiger partial charge in [-0.3, -0.25) is 14.5 Å². The first-order valence-electron chi connectivity index (χ1n) is 14.1. The van der Waals surface area contributed by atoms with Gasteiger partial charge in [0.1, 0.15) is 5.69 Å². The summed E-state index contributed by atoms with van der Waals surface area (Å²) in [7, 11) is 0. The van der Waals surface area contributed by atoms with Crippen molar-refractivity contribution >= 4 is 17.0 Å². The zero-order valence-electron chi connectivity index (χ0n) is 21.4. The third-order valence-corrected chi connectivity index (χ3v) is 9.17. The minimum atomic E-state index is -0.400. The molecule has 0 N–H and O–H groups in total. The number of morpholine rings is 1. The third-order valence-electron chi connectivity index (χ3n) is 9.17. The van der Waals surface area contributed by atoms with Crippen LogP contribution in [0.1, 0.15) is 76.4 Å². The molecule has 1 aromatic carbocycles. The van der Waals surface area contributed by atoms with E-state index in [1.165, 1.54) is 44.9 Å². The topological polar surface area (TPSA) is 73.7 Å². The Bertz CT molecular complexity index is 1130. The number of fused-ring (bicyclic) bond motifs is 5. The molecular weight excluding hydrogens is 454 g/mol. The number of carbonyl (C=O) groups excluding carboxylic acids is 1. The molecule has 4 bridgehead atoms. The first kappa shape index (κ1) is 24.1. The molecule has 194 valence electrons. The maximum Gasteiger partial charge on any atom is 0.312 e. The second-order valence-electron chi connectivity index (χ2n) is 11.5. The quantitative estimate of drug-likeness (QED) is 0.580. The molecule has 3 heterocycles. The summed E-state index contributed by atoms with van der Waals surface area (Å²) in [4.78, 5) is 33.4. The molecule has 2 saturated heterocycles. The van der Waals surface area contributed by atoms with Gasteiger partial charge in [0.25, 0.3) is 5.56 Å². The van der Waals surface area contributed by atoms with E-state index in [-0.39, 0.29) is 23.7 Å². The highest BCUT2D eigenvalue weighted by atomic mass is 16.5. The monoisotopic (exact) mass is 493 g/mol. The molecule has 7 heteroatoms. The number of ether oxygens (including phenoxy) is 2. The average molecular weight is 494 g/mol. The lowest BCUT2D eigenvalue weighted by atomic mass is 9.75. The van der Waals surface area contributed by atoms with Crippen LogP contribution in [0.4, 0.5) is 0 Å². The van der Waals surface area contributed by atoms with Crippen molar-refractivity contribution in [3.05, 3.63) is 40.3 Å². The van der Waals surface area contributed by atoms with Crippen molar-refractivity contribution < 1.29 is 14.3 Å². The molecule has 7 nitrogen and oxygen atoms in total. The van der Waals surface area contributed by atoms with Crippen LogP contribution in [0.15, 0.2) is 29.1 Å². The number of nitrogens with zero attached hydrogens (tertiary/aromatic N) is 3. The summed E-state index contributed by atoms with van der Waals surface area (Å²) in [5, 5.41) is 0. The van der Waals surface area contributed by atoms with Crippen LogP contribution in [0.25, 0.3) is 11.0 Å². The number of para-hydroxylation sites is 2. The zero-order chi connectivity index (χ0) is 24.6. The Morgan fingerprint density at radius 1 is 0.972 bits per heavy atom. The van der Waals surface area contributed by atoms with Crippen molar-refractivity contribution in [2.45, 2.75) is 95.3 Å². The molecule has 1 aromatic heterocycles. The Hall–Kier alpha value is -2.25. The van der Waals surface area contributed by atoms with Crippen LogP contribution in [-0.2, 0) is 20.7 Å². The first-order chi connectivity index (χ1) is 17.6. The van der Waals surface area contributed by atoms with E-state index in [0.29, 0.717) is 24.7 Å². The predicted molar refractivity (Wildman–Crippen MR) is 138 cm³/mol. The van der Waals surface area contributed by atoms with Crippen molar-refractivity contribution in [1.29, 1.82) is 0 Å². The molecular formula is C29H39N3O4. The van der Waals surface area contributed by atoms with Crippen LogP contribution in [0.2, 0.25) is 0 Å². The van der Waals surface area contributed by atoms with E-state index in [4.69, 9.17) is 9.47 Å². The summed E-state index contributed by atoms with van der Waals surface area (Å²) >= 11 is 0. The number of benzene rings is 1. The number of rotatable bonds is 5. The summed E-state index contributed by atoms with van der Waals surface area (Å²) in [6, 6.07) is 9.22. The fourth-order valence-electron chi connectivity index (χ4n) is 7.86. The largest absolute Gasteiger partial charge is 0.466 e. The van der Waals surface area contributed by atoms with Crippen LogP contribution in [0.3, 0.4) is 0 Å². The second kappa shape index (κ2) is 10.3. The van der Waals surface area contributed by atoms with Crippen LogP contribution >= 0.6 is 0 Å². The van der Waals surface area contributed by atoms with Gasteiger partial charge in [-0.2, -0.15) is 0 Å². The zero-order valence-corrected chi connectivity index (χ0v) is 21.4. The molecule has 4 fully saturated rings. The minimum Gasteiger partial charge on any atom is -0.466 e. The van der Waals surface area contributed by atoms with Crippen molar-refractivity contribution in [3.8, 4) is 0 Å². The molecule has 6 rings (SSSR count). The lowest BCUT2D eigenvalue weighted by molar-refractivity contribution is -0.142. The molecule has 4 aliphatic rings. The highest BCUT2D eigenvalue weighted by Crippen LogP contribution is 2.44. The van der Waals surface area contributed by atoms with Gasteiger partial charge < -0.3 is 14.0 Å². The maximum absolute atomic E-state index is 13.7. The molecule has 2 aromatic rings. The van der Waals surface area contributed by atoms with Gasteiger partial charge in [-0.15, -0.1) is 0 Å². The van der Waals surface area contributed by atoms with Gasteiger partial charge in [-0.05, 0) is 63.0 Å². The third kappa shape index (κ3) is 4.60. The van der Waals surface area contributed by atoms with Gasteiger partial charge in [-0.25, -0.2) is 4.98 Å². The lowest BCUT2D eigenvalue weighted by Gasteiger charge is -2.54. The van der Waals surface area contributed by atoms with E-state index in [1.54, 1.807) is 6.92 Å². The van der Waals surface area contributed by atoms with E-state index in [0.717, 1.165) is 48.9 Å². The molecule has 5 atom stereocenters. The Kier molecular flexibility index (Phi) is 6.86. The molecule has 36 heavy (non-hydrogen) atoms. The molecule has 3 unspecified atom stereocenters. The fourth-order valence-corrected chi connectivity index (χ4v) is 7.86. The summed E-state index contributed by atoms with van der Waals surface area (Å²) in [5.74, 6) is 1.36. The van der Waals surface area contributed by atoms with Gasteiger partial charge in [0.15, 0.2) is 0 Å². The second-order valence-corrected chi connectivity index (χ2v) is 11.5. The van der Waals surface area contributed by atoms with Crippen LogP contribution in [0, 0.1) is 11.8 Å². The minimum absolute atomic E-state index is 0.0763. The molecule has 2 saturated carbocycles. The summed E-state index contributed by atoms with van der Waals surface area (Å²) in [6.45, 7) is 3.56. The molecule has 0 radical (unpaired) electrons. The number of esters is 1. The van der Waals surface area contributed by atoms with Gasteiger partial charge in [0.2, 0.25) is 0 Å². The van der Waals surface area contributed by atoms with Gasteiger partial charge in [0.05, 0.1) is 37.3 Å². The first-order valence-corrected chi connectivity index (χ1v) is 14.1. The smallest absolute Gasteiger partial charge is 0.312 e. The van der Waals surface area contributed by atoms with Crippen molar-refractivity contribution in [2.75, 3.05) is 19.8 Å². The summed E-state index contributed by atoms with van der Waals surface area (Å²) in [5.41, 5.74) is 1.75. The molecule has 0 amide bonds. The van der Waals surface area contributed by atoms with Crippen molar-refractivity contribution in [1.82, 2.24) is 14.5 Å². The normalized spacial score (nSPS) is 32.7. The number of hydrogen-bond acceptors (Lipinski definition) is 6. The van der Waals surface area contributed by atoms with E-state index >= 15 is 0 Å². The van der Waals surface area contributed by atoms with Crippen molar-refractivity contribution in [2.24, 2.45) is 11.8 Å². The molecule has 2 aliphatic carbocycles. The Labute approximate surface area is 213 Å². The number of hydrogen-bond donors (Lipinski definition) is 0. The van der Waals surface area contributed by atoms with E-state index in [9.17, 15) is 9.59 Å². The maximum atomic E-state index is 13.7. The summed E-state index contributed by atoms with van der Waals surface area (Å²) < 4.78 is 13.2. The Morgan fingerprint density at radius 2 is 1.67 bits per heavy atom. The highest BCUT2D eigenvalue weighted by Gasteiger charge is 2.45. The fraction of sp³-hybridized carbons (Fsp3) is 0.690. The summed E-state index contributed by atoms with van der Waals surface area (Å²) in [6.07, 6.45) is 11.4. The van der Waals surface area contributed by atoms with E-state index in [1.807, 2.05) is 28.8 Å². The number of piperidine rings is 1. The highest BCUT2D eigenvalue weighted by molar-refractivity contribution is 5.77. The van der Waals surface area contributed by atoms with E-state index in [2.05, 4.69) is 9.88 Å². The van der Waals surface area contributed by atoms with Crippen LogP contribution < -0.4 is 5.56 Å². The standard InChI is InChI=1S/C29H39N3O4/c1-2-36-28(33)16-26-29(34)32(27-10-6-5-9-25(27)30-26)22-14-23-17-35-18-24(15-22)31(23)21-12-19-7-3-4-8-20(11-19)13-21/h5-6,9-10,19-24H,2-4,7-8,11-18H2,1H3/t19?,20?,21?,22?,23-,24+. The Balaban J connectivity index is 1.31. The molecule has 0 spiro atoms. The lowest BCUT2D eigenvalue weighted by Crippen LogP contribution is -2.62. The average Bonchev–Trinajstić information content (AvgIpc) is 3.03. The van der Waals surface area contributed by atoms with Gasteiger partial charge in [-0.1, -0.05) is 37.8 Å². The SMILES string of the molecule is CCOC(=O)Cc1nc2ccccc2n(C2C[C@H]3COC[C@@H](C2)N3C2CC3CCCCC(C3)C2)c1=O. The molecule has 2 aliphatic heterocycles. The van der Waals surface area contributed by atoms with Crippen molar-refractivity contribution in [3.63, 3.8) is 0 Å². The number of carbonyl (C=O) groups is 1. The van der Waals surface area contributed by atoms with Crippen LogP contribution in [0.5, 0.6) is 0 Å². The predicted octanol–water partition coefficient (Wildman–Crippen LogP) is 4.27. The van der Waals surface area contributed by atoms with Crippen LogP contribution in [-0.4, -0.2) is 58.4 Å². The van der Waals surface area contributed by atoms with Gasteiger partial charge in [0, 0.05) is 24.2 Å². The number of aromatic nitrogens is 2. The van der Waals surface area contributed by atoms with Gasteiger partial charge >= 0.3 is 5.97 Å². The van der Waals surface area contributed by atoms with E-state index < -0.39 is 5.97 Å².